The topological polar surface area (TPSA) is 29.3 Å². The molecule has 0 saturated heterocycles. The van der Waals surface area contributed by atoms with Crippen molar-refractivity contribution >= 4 is 0 Å². The summed E-state index contributed by atoms with van der Waals surface area (Å²) in [6.45, 7) is 3.42. The van der Waals surface area contributed by atoms with Gasteiger partial charge in [0.05, 0.1) is 0 Å². The Bertz CT molecular complexity index is 187. The van der Waals surface area contributed by atoms with Crippen molar-refractivity contribution in [3.05, 3.63) is 11.6 Å². The van der Waals surface area contributed by atoms with E-state index in [0.717, 1.165) is 25.1 Å². The minimum Gasteiger partial charge on any atom is -0.327 e. The first kappa shape index (κ1) is 9.68. The minimum absolute atomic E-state index is 0.0859. The van der Waals surface area contributed by atoms with Crippen LogP contribution in [0.25, 0.3) is 0 Å². The van der Waals surface area contributed by atoms with Gasteiger partial charge in [-0.1, -0.05) is 6.08 Å². The van der Waals surface area contributed by atoms with Crippen molar-refractivity contribution in [1.29, 1.82) is 0 Å². The van der Waals surface area contributed by atoms with Crippen LogP contribution in [0.2, 0.25) is 0 Å². The third-order valence-corrected chi connectivity index (χ3v) is 2.47. The molecule has 1 heterocycles. The molecule has 12 heavy (non-hydrogen) atoms. The third kappa shape index (κ3) is 2.05. The van der Waals surface area contributed by atoms with Gasteiger partial charge in [0.15, 0.2) is 0 Å². The Kier molecular flexibility index (Phi) is 2.85. The van der Waals surface area contributed by atoms with Gasteiger partial charge in [-0.2, -0.15) is 0 Å². The van der Waals surface area contributed by atoms with Crippen LogP contribution in [0.3, 0.4) is 0 Å². The molecule has 2 nitrogen and oxygen atoms in total. The maximum atomic E-state index is 13.6. The highest BCUT2D eigenvalue weighted by atomic mass is 19.1. The first-order chi connectivity index (χ1) is 5.56. The summed E-state index contributed by atoms with van der Waals surface area (Å²) < 4.78 is 13.6. The molecular weight excluding hydrogens is 155 g/mol. The Morgan fingerprint density at radius 3 is 2.83 bits per heavy atom. The highest BCUT2D eigenvalue weighted by Crippen LogP contribution is 2.25. The van der Waals surface area contributed by atoms with Gasteiger partial charge < -0.3 is 10.6 Å². The summed E-state index contributed by atoms with van der Waals surface area (Å²) in [5, 5.41) is 0. The van der Waals surface area contributed by atoms with E-state index in [2.05, 4.69) is 4.90 Å². The van der Waals surface area contributed by atoms with Gasteiger partial charge >= 0.3 is 0 Å². The molecule has 0 radical (unpaired) electrons. The molecule has 1 rings (SSSR count). The number of hydrogen-bond acceptors (Lipinski definition) is 2. The second kappa shape index (κ2) is 3.54. The zero-order valence-electron chi connectivity index (χ0n) is 7.81. The maximum Gasteiger partial charge on any atom is 0.141 e. The molecule has 0 aliphatic carbocycles. The average Bonchev–Trinajstić information content (AvgIpc) is 2.05. The number of halogens is 1. The maximum absolute atomic E-state index is 13.6. The molecule has 1 aliphatic heterocycles. The van der Waals surface area contributed by atoms with E-state index >= 15 is 0 Å². The van der Waals surface area contributed by atoms with E-state index in [-0.39, 0.29) is 6.54 Å². The molecule has 0 fully saturated rings. The van der Waals surface area contributed by atoms with Crippen LogP contribution < -0.4 is 5.73 Å². The van der Waals surface area contributed by atoms with Gasteiger partial charge in [0.1, 0.15) is 5.67 Å². The first-order valence-corrected chi connectivity index (χ1v) is 4.33. The van der Waals surface area contributed by atoms with Crippen molar-refractivity contribution in [1.82, 2.24) is 4.90 Å². The molecule has 1 aliphatic rings. The lowest BCUT2D eigenvalue weighted by molar-refractivity contribution is 0.226. The quantitative estimate of drug-likeness (QED) is 0.628. The second-order valence-electron chi connectivity index (χ2n) is 3.64. The molecule has 70 valence electrons. The number of hydrogen-bond donors (Lipinski definition) is 1. The summed E-state index contributed by atoms with van der Waals surface area (Å²) >= 11 is 0. The SMILES string of the molecule is CN1CC=C(C(C)(F)CN)CC1. The first-order valence-electron chi connectivity index (χ1n) is 4.33. The molecule has 1 atom stereocenters. The van der Waals surface area contributed by atoms with Gasteiger partial charge in [-0.15, -0.1) is 0 Å². The molecule has 0 aromatic rings. The van der Waals surface area contributed by atoms with Crippen molar-refractivity contribution in [2.24, 2.45) is 5.73 Å². The third-order valence-electron chi connectivity index (χ3n) is 2.47. The van der Waals surface area contributed by atoms with Crippen LogP contribution in [0.15, 0.2) is 11.6 Å². The fraction of sp³-hybridized carbons (Fsp3) is 0.778. The van der Waals surface area contributed by atoms with Crippen LogP contribution in [-0.2, 0) is 0 Å². The van der Waals surface area contributed by atoms with Crippen molar-refractivity contribution < 1.29 is 4.39 Å². The van der Waals surface area contributed by atoms with Crippen molar-refractivity contribution in [2.75, 3.05) is 26.7 Å². The Morgan fingerprint density at radius 1 is 1.75 bits per heavy atom. The molecule has 0 aromatic heterocycles. The zero-order chi connectivity index (χ0) is 9.19. The lowest BCUT2D eigenvalue weighted by Gasteiger charge is -2.28. The van der Waals surface area contributed by atoms with Crippen LogP contribution in [0.4, 0.5) is 4.39 Å². The van der Waals surface area contributed by atoms with Crippen molar-refractivity contribution in [3.8, 4) is 0 Å². The number of rotatable bonds is 2. The van der Waals surface area contributed by atoms with Gasteiger partial charge in [-0.25, -0.2) is 4.39 Å². The summed E-state index contributed by atoms with van der Waals surface area (Å²) in [6, 6.07) is 0. The molecule has 0 aromatic carbocycles. The highest BCUT2D eigenvalue weighted by Gasteiger charge is 2.27. The Labute approximate surface area is 73.2 Å². The number of nitrogens with zero attached hydrogens (tertiary/aromatic N) is 1. The van der Waals surface area contributed by atoms with Crippen LogP contribution in [0.5, 0.6) is 0 Å². The smallest absolute Gasteiger partial charge is 0.141 e. The van der Waals surface area contributed by atoms with Crippen molar-refractivity contribution in [2.45, 2.75) is 19.0 Å². The summed E-state index contributed by atoms with van der Waals surface area (Å²) in [5.74, 6) is 0. The minimum atomic E-state index is -1.29. The lowest BCUT2D eigenvalue weighted by Crippen LogP contribution is -2.36. The molecule has 2 N–H and O–H groups in total. The van der Waals surface area contributed by atoms with Gasteiger partial charge in [0.25, 0.3) is 0 Å². The van der Waals surface area contributed by atoms with E-state index in [1.807, 2.05) is 13.1 Å². The Balaban J connectivity index is 2.64. The molecular formula is C9H17FN2. The number of nitrogens with two attached hydrogens (primary N) is 1. The Hall–Kier alpha value is -0.410. The van der Waals surface area contributed by atoms with Crippen LogP contribution in [-0.4, -0.2) is 37.3 Å². The van der Waals surface area contributed by atoms with E-state index in [1.165, 1.54) is 0 Å². The van der Waals surface area contributed by atoms with Gasteiger partial charge in [0.2, 0.25) is 0 Å². The molecule has 0 amide bonds. The number of alkyl halides is 1. The summed E-state index contributed by atoms with van der Waals surface area (Å²) in [7, 11) is 2.03. The van der Waals surface area contributed by atoms with Crippen LogP contribution in [0, 0.1) is 0 Å². The lowest BCUT2D eigenvalue weighted by atomic mass is 9.92. The van der Waals surface area contributed by atoms with E-state index in [0.29, 0.717) is 0 Å². The predicted octanol–water partition coefficient (Wildman–Crippen LogP) is 0.935. The zero-order valence-corrected chi connectivity index (χ0v) is 7.81. The van der Waals surface area contributed by atoms with Crippen LogP contribution in [0.1, 0.15) is 13.3 Å². The Morgan fingerprint density at radius 2 is 2.42 bits per heavy atom. The van der Waals surface area contributed by atoms with Gasteiger partial charge in [0, 0.05) is 19.6 Å². The van der Waals surface area contributed by atoms with E-state index in [1.54, 1.807) is 6.92 Å². The molecule has 0 spiro atoms. The average molecular weight is 172 g/mol. The summed E-state index contributed by atoms with van der Waals surface area (Å²) in [6.07, 6.45) is 2.76. The standard InChI is InChI=1S/C9H17FN2/c1-9(10,7-11)8-3-5-12(2)6-4-8/h3H,4-7,11H2,1-2H3. The molecule has 3 heteroatoms. The second-order valence-corrected chi connectivity index (χ2v) is 3.64. The van der Waals surface area contributed by atoms with Crippen molar-refractivity contribution in [3.63, 3.8) is 0 Å². The molecule has 1 unspecified atom stereocenters. The number of likely N-dealkylation sites (N-methyl/N-ethyl adjacent to an activating group) is 1. The molecule has 0 saturated carbocycles. The van der Waals surface area contributed by atoms with Gasteiger partial charge in [-0.3, -0.25) is 0 Å². The van der Waals surface area contributed by atoms with E-state index in [9.17, 15) is 4.39 Å². The predicted molar refractivity (Wildman–Crippen MR) is 48.8 cm³/mol. The normalized spacial score (nSPS) is 24.8. The van der Waals surface area contributed by atoms with Gasteiger partial charge in [-0.05, 0) is 26.0 Å². The van der Waals surface area contributed by atoms with E-state index in [4.69, 9.17) is 5.73 Å². The summed E-state index contributed by atoms with van der Waals surface area (Å²) in [5.41, 5.74) is 4.92. The highest BCUT2D eigenvalue weighted by molar-refractivity contribution is 5.19. The largest absolute Gasteiger partial charge is 0.327 e. The van der Waals surface area contributed by atoms with Crippen LogP contribution >= 0.6 is 0 Å². The van der Waals surface area contributed by atoms with E-state index < -0.39 is 5.67 Å². The molecule has 0 bridgehead atoms. The summed E-state index contributed by atoms with van der Waals surface area (Å²) in [4.78, 5) is 2.16. The fourth-order valence-electron chi connectivity index (χ4n) is 1.38. The fourth-order valence-corrected chi connectivity index (χ4v) is 1.38. The monoisotopic (exact) mass is 172 g/mol.